The van der Waals surface area contributed by atoms with Crippen LogP contribution in [0.25, 0.3) is 21.6 Å². The van der Waals surface area contributed by atoms with Gasteiger partial charge in [-0.3, -0.25) is 4.90 Å². The van der Waals surface area contributed by atoms with E-state index < -0.39 is 0 Å². The summed E-state index contributed by atoms with van der Waals surface area (Å²) < 4.78 is 5.62. The van der Waals surface area contributed by atoms with Gasteiger partial charge in [0.2, 0.25) is 0 Å². The lowest BCUT2D eigenvalue weighted by Crippen LogP contribution is -2.39. The number of ether oxygens (including phenoxy) is 1. The van der Waals surface area contributed by atoms with Gasteiger partial charge in [0, 0.05) is 60.7 Å². The molecule has 0 unspecified atom stereocenters. The average Bonchev–Trinajstić information content (AvgIpc) is 3.30. The summed E-state index contributed by atoms with van der Waals surface area (Å²) in [6.45, 7) is 4.12. The molecule has 5 rings (SSSR count). The maximum atomic E-state index is 5.62. The predicted molar refractivity (Wildman–Crippen MR) is 109 cm³/mol. The number of rotatable bonds is 3. The number of fused-ring (bicyclic) bond motifs is 1. The number of hydrogen-bond donors (Lipinski definition) is 1. The van der Waals surface area contributed by atoms with E-state index in [0.717, 1.165) is 36.5 Å². The summed E-state index contributed by atoms with van der Waals surface area (Å²) in [6, 6.07) is 3.08. The summed E-state index contributed by atoms with van der Waals surface area (Å²) in [6.07, 6.45) is 12.2. The molecule has 1 saturated carbocycles. The molecule has 0 amide bonds. The highest BCUT2D eigenvalue weighted by Gasteiger charge is 2.27. The summed E-state index contributed by atoms with van der Waals surface area (Å²) in [4.78, 5) is 15.1. The second-order valence-corrected chi connectivity index (χ2v) is 8.61. The molecule has 1 N–H and O–H groups in total. The fraction of sp³-hybridized carbons (Fsp3) is 0.524. The predicted octanol–water partition coefficient (Wildman–Crippen LogP) is 4.43. The number of thiazole rings is 1. The number of hydrogen-bond acceptors (Lipinski definition) is 5. The maximum absolute atomic E-state index is 5.62. The third-order valence-electron chi connectivity index (χ3n) is 6.16. The van der Waals surface area contributed by atoms with Crippen molar-refractivity contribution in [3.8, 4) is 10.6 Å². The van der Waals surface area contributed by atoms with Gasteiger partial charge < -0.3 is 9.72 Å². The minimum Gasteiger partial charge on any atom is -0.380 e. The van der Waals surface area contributed by atoms with Gasteiger partial charge in [-0.1, -0.05) is 0 Å². The van der Waals surface area contributed by atoms with Gasteiger partial charge in [-0.25, -0.2) is 9.97 Å². The molecular formula is C21H26N4OS. The van der Waals surface area contributed by atoms with Crippen molar-refractivity contribution >= 4 is 22.4 Å². The molecule has 0 aromatic carbocycles. The summed E-state index contributed by atoms with van der Waals surface area (Å²) in [5, 5.41) is 4.29. The summed E-state index contributed by atoms with van der Waals surface area (Å²) in [5.74, 6) is 0.625. The maximum Gasteiger partial charge on any atom is 0.137 e. The Balaban J connectivity index is 1.32. The summed E-state index contributed by atoms with van der Waals surface area (Å²) in [5.41, 5.74) is 3.52. The van der Waals surface area contributed by atoms with Crippen molar-refractivity contribution in [2.24, 2.45) is 0 Å². The average molecular weight is 383 g/mol. The molecular weight excluding hydrogens is 356 g/mol. The molecule has 1 aliphatic heterocycles. The number of nitrogens with zero attached hydrogens (tertiary/aromatic N) is 3. The summed E-state index contributed by atoms with van der Waals surface area (Å²) >= 11 is 1.68. The van der Waals surface area contributed by atoms with E-state index in [0.29, 0.717) is 5.92 Å². The standard InChI is InChI=1S/C21H26N4OS/c1-7-25(8-10-26-9-1)17-4-2-15(3-5-17)16-12-18-19(21-22-6-11-27-21)14-24-20(18)23-13-16/h6,11-15,17H,1-5,7-10H2,(H,23,24). The van der Waals surface area contributed by atoms with Gasteiger partial charge in [0.15, 0.2) is 0 Å². The molecule has 1 saturated heterocycles. The zero-order chi connectivity index (χ0) is 18.1. The second kappa shape index (κ2) is 7.70. The molecule has 0 atom stereocenters. The Morgan fingerprint density at radius 2 is 2.04 bits per heavy atom. The number of aromatic amines is 1. The van der Waals surface area contributed by atoms with Gasteiger partial charge >= 0.3 is 0 Å². The van der Waals surface area contributed by atoms with Crippen LogP contribution in [-0.4, -0.2) is 52.2 Å². The third kappa shape index (κ3) is 3.53. The zero-order valence-corrected chi connectivity index (χ0v) is 16.4. The van der Waals surface area contributed by atoms with E-state index in [1.54, 1.807) is 11.3 Å². The first kappa shape index (κ1) is 17.3. The van der Waals surface area contributed by atoms with Crippen molar-refractivity contribution in [1.29, 1.82) is 0 Å². The number of aromatic nitrogens is 3. The molecule has 3 aromatic heterocycles. The van der Waals surface area contributed by atoms with Gasteiger partial charge in [0.25, 0.3) is 0 Å². The molecule has 3 aromatic rings. The lowest BCUT2D eigenvalue weighted by atomic mass is 9.81. The van der Waals surface area contributed by atoms with Gasteiger partial charge in [0.1, 0.15) is 10.7 Å². The van der Waals surface area contributed by atoms with E-state index in [2.05, 4.69) is 27.1 Å². The smallest absolute Gasteiger partial charge is 0.137 e. The largest absolute Gasteiger partial charge is 0.380 e. The SMILES string of the molecule is c1csc(-c2c[nH]c3ncc(C4CCC(N5CCCOCC5)CC4)cc23)n1. The molecule has 4 heterocycles. The molecule has 0 bridgehead atoms. The molecule has 27 heavy (non-hydrogen) atoms. The fourth-order valence-electron chi connectivity index (χ4n) is 4.68. The molecule has 2 aliphatic rings. The second-order valence-electron chi connectivity index (χ2n) is 7.71. The quantitative estimate of drug-likeness (QED) is 0.728. The first-order valence-corrected chi connectivity index (χ1v) is 10.9. The van der Waals surface area contributed by atoms with Crippen molar-refractivity contribution in [3.05, 3.63) is 35.6 Å². The third-order valence-corrected chi connectivity index (χ3v) is 6.96. The Morgan fingerprint density at radius 3 is 2.89 bits per heavy atom. The van der Waals surface area contributed by atoms with Crippen molar-refractivity contribution < 1.29 is 4.74 Å². The van der Waals surface area contributed by atoms with Crippen molar-refractivity contribution in [2.45, 2.75) is 44.1 Å². The van der Waals surface area contributed by atoms with Crippen LogP contribution in [0.3, 0.4) is 0 Å². The topological polar surface area (TPSA) is 54.0 Å². The van der Waals surface area contributed by atoms with Gasteiger partial charge in [0.05, 0.1) is 6.61 Å². The zero-order valence-electron chi connectivity index (χ0n) is 15.6. The van der Waals surface area contributed by atoms with Crippen molar-refractivity contribution in [1.82, 2.24) is 19.9 Å². The first-order valence-electron chi connectivity index (χ1n) is 10.1. The minimum atomic E-state index is 0.625. The van der Waals surface area contributed by atoms with Crippen LogP contribution in [0.5, 0.6) is 0 Å². The number of nitrogens with one attached hydrogen (secondary N) is 1. The van der Waals surface area contributed by atoms with E-state index in [9.17, 15) is 0 Å². The van der Waals surface area contributed by atoms with Crippen LogP contribution in [0.2, 0.25) is 0 Å². The highest BCUT2D eigenvalue weighted by molar-refractivity contribution is 7.13. The molecule has 0 radical (unpaired) electrons. The highest BCUT2D eigenvalue weighted by Crippen LogP contribution is 2.37. The van der Waals surface area contributed by atoms with Crippen LogP contribution in [0.15, 0.2) is 30.0 Å². The Bertz CT molecular complexity index is 875. The molecule has 142 valence electrons. The van der Waals surface area contributed by atoms with Crippen LogP contribution in [-0.2, 0) is 4.74 Å². The minimum absolute atomic E-state index is 0.625. The molecule has 2 fully saturated rings. The van der Waals surface area contributed by atoms with Gasteiger partial charge in [-0.05, 0) is 49.7 Å². The number of H-pyrrole nitrogens is 1. The van der Waals surface area contributed by atoms with E-state index in [1.165, 1.54) is 55.2 Å². The normalized spacial score (nSPS) is 24.9. The molecule has 6 heteroatoms. The van der Waals surface area contributed by atoms with Crippen molar-refractivity contribution in [3.63, 3.8) is 0 Å². The summed E-state index contributed by atoms with van der Waals surface area (Å²) in [7, 11) is 0. The van der Waals surface area contributed by atoms with Crippen LogP contribution < -0.4 is 0 Å². The van der Waals surface area contributed by atoms with E-state index in [1.807, 2.05) is 17.8 Å². The van der Waals surface area contributed by atoms with Gasteiger partial charge in [-0.2, -0.15) is 0 Å². The molecule has 5 nitrogen and oxygen atoms in total. The monoisotopic (exact) mass is 382 g/mol. The number of pyridine rings is 1. The Labute approximate surface area is 163 Å². The van der Waals surface area contributed by atoms with E-state index in [4.69, 9.17) is 9.72 Å². The highest BCUT2D eigenvalue weighted by atomic mass is 32.1. The van der Waals surface area contributed by atoms with Crippen LogP contribution in [0, 0.1) is 0 Å². The van der Waals surface area contributed by atoms with Crippen molar-refractivity contribution in [2.75, 3.05) is 26.3 Å². The van der Waals surface area contributed by atoms with Gasteiger partial charge in [-0.15, -0.1) is 11.3 Å². The Kier molecular flexibility index (Phi) is 4.95. The fourth-order valence-corrected chi connectivity index (χ4v) is 5.35. The van der Waals surface area contributed by atoms with Crippen LogP contribution >= 0.6 is 11.3 Å². The Hall–Kier alpha value is -1.76. The first-order chi connectivity index (χ1) is 13.4. The lowest BCUT2D eigenvalue weighted by Gasteiger charge is -2.36. The Morgan fingerprint density at radius 1 is 1.11 bits per heavy atom. The van der Waals surface area contributed by atoms with Crippen LogP contribution in [0.4, 0.5) is 0 Å². The molecule has 1 aliphatic carbocycles. The molecule has 0 spiro atoms. The van der Waals surface area contributed by atoms with Crippen LogP contribution in [0.1, 0.15) is 43.6 Å². The van der Waals surface area contributed by atoms with E-state index in [-0.39, 0.29) is 0 Å². The lowest BCUT2D eigenvalue weighted by molar-refractivity contribution is 0.118. The van der Waals surface area contributed by atoms with E-state index >= 15 is 0 Å².